The molecule has 27 heavy (non-hydrogen) atoms. The van der Waals surface area contributed by atoms with E-state index in [0.717, 1.165) is 56.1 Å². The van der Waals surface area contributed by atoms with Crippen molar-refractivity contribution in [1.29, 1.82) is 0 Å². The highest BCUT2D eigenvalue weighted by Gasteiger charge is 2.30. The molecular weight excluding hydrogens is 342 g/mol. The monoisotopic (exact) mass is 367 g/mol. The lowest BCUT2D eigenvalue weighted by atomic mass is 9.81. The summed E-state index contributed by atoms with van der Waals surface area (Å²) in [5.41, 5.74) is 1.92. The fraction of sp³-hybridized carbons (Fsp3) is 0.476. The third-order valence-electron chi connectivity index (χ3n) is 5.65. The summed E-state index contributed by atoms with van der Waals surface area (Å²) in [7, 11) is 0. The maximum atomic E-state index is 12.9. The molecule has 1 aromatic heterocycles. The minimum atomic E-state index is -0.158. The van der Waals surface area contributed by atoms with E-state index in [1.54, 1.807) is 24.7 Å². The minimum Gasteiger partial charge on any atom is -0.508 e. The Morgan fingerprint density at radius 1 is 1.15 bits per heavy atom. The number of nitrogens with zero attached hydrogens (tertiary/aromatic N) is 2. The molecule has 0 aliphatic heterocycles. The summed E-state index contributed by atoms with van der Waals surface area (Å²) in [4.78, 5) is 21.0. The quantitative estimate of drug-likeness (QED) is 0.867. The number of nitrogens with one attached hydrogen (secondary N) is 1. The van der Waals surface area contributed by atoms with Crippen LogP contribution in [0.1, 0.15) is 55.6 Å². The van der Waals surface area contributed by atoms with Gasteiger partial charge in [0, 0.05) is 18.4 Å². The Labute approximate surface area is 159 Å². The van der Waals surface area contributed by atoms with E-state index in [2.05, 4.69) is 15.3 Å². The third kappa shape index (κ3) is 4.04. The number of ether oxygens (including phenoxy) is 1. The Bertz CT molecular complexity index is 789. The Hall–Kier alpha value is -2.63. The molecule has 1 fully saturated rings. The first kappa shape index (κ1) is 17.8. The van der Waals surface area contributed by atoms with Crippen LogP contribution in [0.15, 0.2) is 36.8 Å². The molecular formula is C21H25N3O3. The van der Waals surface area contributed by atoms with Crippen molar-refractivity contribution >= 4 is 5.91 Å². The molecule has 2 aliphatic rings. The van der Waals surface area contributed by atoms with E-state index in [-0.39, 0.29) is 24.0 Å². The number of amides is 1. The van der Waals surface area contributed by atoms with Crippen molar-refractivity contribution in [2.24, 2.45) is 0 Å². The Balaban J connectivity index is 1.32. The first-order chi connectivity index (χ1) is 13.2. The van der Waals surface area contributed by atoms with Crippen molar-refractivity contribution in [2.75, 3.05) is 0 Å². The molecule has 2 N–H and O–H groups in total. The average Bonchev–Trinajstić information content (AvgIpc) is 2.70. The summed E-state index contributed by atoms with van der Waals surface area (Å²) >= 11 is 0. The van der Waals surface area contributed by atoms with E-state index in [4.69, 9.17) is 4.74 Å². The van der Waals surface area contributed by atoms with Crippen LogP contribution in [0, 0.1) is 0 Å². The van der Waals surface area contributed by atoms with Gasteiger partial charge in [0.05, 0.1) is 12.1 Å². The lowest BCUT2D eigenvalue weighted by Gasteiger charge is -2.31. The lowest BCUT2D eigenvalue weighted by molar-refractivity contribution is -0.124. The van der Waals surface area contributed by atoms with Gasteiger partial charge in [0.25, 0.3) is 0 Å². The summed E-state index contributed by atoms with van der Waals surface area (Å²) in [6.07, 6.45) is 11.2. The standard InChI is InChI=1S/C21H25N3O3/c25-19-6-2-3-16-17(19)4-1-5-18(16)21(26)24-14-7-9-15(10-8-14)27-20-13-22-11-12-23-20/h2-3,6,11-15,18,25H,1,4-5,7-10H2,(H,24,26). The maximum Gasteiger partial charge on any atom is 0.232 e. The highest BCUT2D eigenvalue weighted by atomic mass is 16.5. The molecule has 6 heteroatoms. The summed E-state index contributed by atoms with van der Waals surface area (Å²) < 4.78 is 5.87. The molecule has 0 saturated heterocycles. The zero-order chi connectivity index (χ0) is 18.6. The molecule has 0 spiro atoms. The second kappa shape index (κ2) is 7.94. The molecule has 6 nitrogen and oxygen atoms in total. The molecule has 1 aromatic carbocycles. The van der Waals surface area contributed by atoms with Crippen molar-refractivity contribution in [1.82, 2.24) is 15.3 Å². The molecule has 2 aromatic rings. The van der Waals surface area contributed by atoms with Crippen LogP contribution < -0.4 is 10.1 Å². The highest BCUT2D eigenvalue weighted by molar-refractivity contribution is 5.84. The number of benzene rings is 1. The molecule has 1 unspecified atom stereocenters. The number of carbonyl (C=O) groups excluding carboxylic acids is 1. The summed E-state index contributed by atoms with van der Waals surface area (Å²) in [6, 6.07) is 5.69. The fourth-order valence-corrected chi connectivity index (χ4v) is 4.25. The topological polar surface area (TPSA) is 84.3 Å². The Morgan fingerprint density at radius 2 is 2.00 bits per heavy atom. The first-order valence-electron chi connectivity index (χ1n) is 9.74. The van der Waals surface area contributed by atoms with Gasteiger partial charge in [0.2, 0.25) is 11.8 Å². The predicted octanol–water partition coefficient (Wildman–Crippen LogP) is 3.11. The summed E-state index contributed by atoms with van der Waals surface area (Å²) in [5, 5.41) is 13.3. The van der Waals surface area contributed by atoms with Gasteiger partial charge in [-0.2, -0.15) is 0 Å². The summed E-state index contributed by atoms with van der Waals surface area (Å²) in [5.74, 6) is 0.796. The Kier molecular flexibility index (Phi) is 5.23. The van der Waals surface area contributed by atoms with Crippen LogP contribution in [0.25, 0.3) is 0 Å². The highest BCUT2D eigenvalue weighted by Crippen LogP contribution is 2.36. The van der Waals surface area contributed by atoms with E-state index in [1.165, 1.54) is 0 Å². The van der Waals surface area contributed by atoms with Crippen LogP contribution in [0.2, 0.25) is 0 Å². The van der Waals surface area contributed by atoms with E-state index in [1.807, 2.05) is 12.1 Å². The number of fused-ring (bicyclic) bond motifs is 1. The molecule has 2 aliphatic carbocycles. The van der Waals surface area contributed by atoms with Crippen LogP contribution in [-0.2, 0) is 11.2 Å². The number of aromatic hydroxyl groups is 1. The van der Waals surface area contributed by atoms with Gasteiger partial charge < -0.3 is 15.2 Å². The zero-order valence-corrected chi connectivity index (χ0v) is 15.3. The molecule has 4 rings (SSSR count). The molecule has 1 amide bonds. The molecule has 0 radical (unpaired) electrons. The Morgan fingerprint density at radius 3 is 2.78 bits per heavy atom. The molecule has 0 bridgehead atoms. The number of carbonyl (C=O) groups is 1. The van der Waals surface area contributed by atoms with Gasteiger partial charge in [0.1, 0.15) is 11.9 Å². The van der Waals surface area contributed by atoms with E-state index < -0.39 is 0 Å². The normalized spacial score (nSPS) is 24.7. The molecule has 1 atom stereocenters. The van der Waals surface area contributed by atoms with E-state index in [9.17, 15) is 9.90 Å². The second-order valence-corrected chi connectivity index (χ2v) is 7.43. The molecule has 142 valence electrons. The average molecular weight is 367 g/mol. The third-order valence-corrected chi connectivity index (χ3v) is 5.65. The van der Waals surface area contributed by atoms with Crippen molar-refractivity contribution in [2.45, 2.75) is 63.0 Å². The maximum absolute atomic E-state index is 12.9. The fourth-order valence-electron chi connectivity index (χ4n) is 4.25. The van der Waals surface area contributed by atoms with Gasteiger partial charge >= 0.3 is 0 Å². The van der Waals surface area contributed by atoms with Crippen LogP contribution in [0.3, 0.4) is 0 Å². The molecule has 1 heterocycles. The second-order valence-electron chi connectivity index (χ2n) is 7.43. The van der Waals surface area contributed by atoms with Gasteiger partial charge in [0.15, 0.2) is 0 Å². The number of hydrogen-bond acceptors (Lipinski definition) is 5. The van der Waals surface area contributed by atoms with Gasteiger partial charge in [-0.3, -0.25) is 9.78 Å². The van der Waals surface area contributed by atoms with Gasteiger partial charge in [-0.25, -0.2) is 4.98 Å². The number of phenolic OH excluding ortho intramolecular Hbond substituents is 1. The van der Waals surface area contributed by atoms with Gasteiger partial charge in [-0.1, -0.05) is 12.1 Å². The van der Waals surface area contributed by atoms with Crippen LogP contribution in [0.5, 0.6) is 11.6 Å². The van der Waals surface area contributed by atoms with Crippen molar-refractivity contribution in [3.8, 4) is 11.6 Å². The van der Waals surface area contributed by atoms with Crippen molar-refractivity contribution < 1.29 is 14.6 Å². The minimum absolute atomic E-state index is 0.0832. The summed E-state index contributed by atoms with van der Waals surface area (Å²) in [6.45, 7) is 0. The zero-order valence-electron chi connectivity index (χ0n) is 15.3. The lowest BCUT2D eigenvalue weighted by Crippen LogP contribution is -2.42. The number of aromatic nitrogens is 2. The molecule has 1 saturated carbocycles. The number of phenols is 1. The SMILES string of the molecule is O=C(NC1CCC(Oc2cnccn2)CC1)C1CCCc2c(O)cccc21. The van der Waals surface area contributed by atoms with Crippen molar-refractivity contribution in [3.63, 3.8) is 0 Å². The van der Waals surface area contributed by atoms with Gasteiger partial charge in [-0.05, 0) is 62.1 Å². The number of hydrogen-bond donors (Lipinski definition) is 2. The van der Waals surface area contributed by atoms with E-state index >= 15 is 0 Å². The van der Waals surface area contributed by atoms with Crippen LogP contribution >= 0.6 is 0 Å². The van der Waals surface area contributed by atoms with E-state index in [0.29, 0.717) is 11.6 Å². The predicted molar refractivity (Wildman–Crippen MR) is 101 cm³/mol. The van der Waals surface area contributed by atoms with Gasteiger partial charge in [-0.15, -0.1) is 0 Å². The number of rotatable bonds is 4. The largest absolute Gasteiger partial charge is 0.508 e. The van der Waals surface area contributed by atoms with Crippen LogP contribution in [-0.4, -0.2) is 33.1 Å². The first-order valence-corrected chi connectivity index (χ1v) is 9.74. The smallest absolute Gasteiger partial charge is 0.232 e. The van der Waals surface area contributed by atoms with Crippen LogP contribution in [0.4, 0.5) is 0 Å². The van der Waals surface area contributed by atoms with Crippen molar-refractivity contribution in [3.05, 3.63) is 47.9 Å².